The summed E-state index contributed by atoms with van der Waals surface area (Å²) in [5.41, 5.74) is 1.29. The number of carbonyl (C=O) groups is 2. The molecule has 2 amide bonds. The van der Waals surface area contributed by atoms with Crippen molar-refractivity contribution < 1.29 is 9.59 Å². The third kappa shape index (κ3) is 3.96. The lowest BCUT2D eigenvalue weighted by atomic mass is 10.1. The summed E-state index contributed by atoms with van der Waals surface area (Å²) in [6.45, 7) is 0.704. The van der Waals surface area contributed by atoms with Crippen LogP contribution in [-0.4, -0.2) is 29.3 Å². The lowest BCUT2D eigenvalue weighted by Gasteiger charge is -2.11. The Morgan fingerprint density at radius 3 is 2.46 bits per heavy atom. The number of rotatable bonds is 3. The Labute approximate surface area is 148 Å². The van der Waals surface area contributed by atoms with E-state index in [4.69, 9.17) is 11.6 Å². The molecule has 0 bridgehead atoms. The summed E-state index contributed by atoms with van der Waals surface area (Å²) in [5.74, 6) is 0.263. The van der Waals surface area contributed by atoms with Crippen LogP contribution in [0.4, 0.5) is 5.69 Å². The van der Waals surface area contributed by atoms with Gasteiger partial charge in [0, 0.05) is 16.3 Å². The molecule has 0 aromatic heterocycles. The molecule has 3 rings (SSSR count). The van der Waals surface area contributed by atoms with Gasteiger partial charge >= 0.3 is 0 Å². The van der Waals surface area contributed by atoms with Crippen LogP contribution in [0.15, 0.2) is 53.5 Å². The highest BCUT2D eigenvalue weighted by Gasteiger charge is 2.17. The van der Waals surface area contributed by atoms with Gasteiger partial charge in [0.15, 0.2) is 5.17 Å². The van der Waals surface area contributed by atoms with Gasteiger partial charge in [0.05, 0.1) is 17.8 Å². The van der Waals surface area contributed by atoms with Crippen LogP contribution in [0.5, 0.6) is 0 Å². The molecule has 7 heteroatoms. The van der Waals surface area contributed by atoms with Gasteiger partial charge in [0.1, 0.15) is 0 Å². The fourth-order valence-corrected chi connectivity index (χ4v) is 3.01. The molecule has 1 aliphatic heterocycles. The highest BCUT2D eigenvalue weighted by atomic mass is 35.5. The maximum absolute atomic E-state index is 12.4. The molecule has 0 saturated heterocycles. The van der Waals surface area contributed by atoms with E-state index in [1.807, 2.05) is 0 Å². The minimum Gasteiger partial charge on any atom is -0.321 e. The number of hydrogen-bond acceptors (Lipinski definition) is 4. The molecule has 2 aromatic rings. The first-order valence-corrected chi connectivity index (χ1v) is 8.64. The van der Waals surface area contributed by atoms with Gasteiger partial charge in [0.2, 0.25) is 0 Å². The quantitative estimate of drug-likeness (QED) is 0.882. The molecule has 2 N–H and O–H groups in total. The van der Waals surface area contributed by atoms with Gasteiger partial charge in [-0.1, -0.05) is 35.5 Å². The molecule has 0 fully saturated rings. The molecule has 0 unspecified atom stereocenters. The number of carbonyl (C=O) groups excluding carboxylic acids is 2. The first-order chi connectivity index (χ1) is 11.6. The topological polar surface area (TPSA) is 70.6 Å². The van der Waals surface area contributed by atoms with E-state index in [9.17, 15) is 9.59 Å². The maximum atomic E-state index is 12.4. The second-order valence-corrected chi connectivity index (χ2v) is 6.52. The third-order valence-corrected chi connectivity index (χ3v) is 4.48. The Morgan fingerprint density at radius 2 is 1.75 bits per heavy atom. The van der Waals surface area contributed by atoms with Crippen LogP contribution in [0.2, 0.25) is 5.02 Å². The summed E-state index contributed by atoms with van der Waals surface area (Å²) in [6, 6.07) is 13.4. The predicted molar refractivity (Wildman–Crippen MR) is 98.1 cm³/mol. The van der Waals surface area contributed by atoms with Gasteiger partial charge in [0.25, 0.3) is 11.8 Å². The smallest absolute Gasteiger partial charge is 0.259 e. The van der Waals surface area contributed by atoms with Crippen molar-refractivity contribution in [1.29, 1.82) is 0 Å². The van der Waals surface area contributed by atoms with Crippen molar-refractivity contribution in [3.05, 3.63) is 64.7 Å². The highest BCUT2D eigenvalue weighted by molar-refractivity contribution is 8.14. The number of halogens is 1. The Hall–Kier alpha value is -2.31. The van der Waals surface area contributed by atoms with Crippen LogP contribution in [-0.2, 0) is 0 Å². The average molecular weight is 360 g/mol. The number of benzene rings is 2. The highest BCUT2D eigenvalue weighted by Crippen LogP contribution is 2.18. The van der Waals surface area contributed by atoms with E-state index in [0.717, 1.165) is 5.75 Å². The Kier molecular flexibility index (Phi) is 5.17. The summed E-state index contributed by atoms with van der Waals surface area (Å²) >= 11 is 7.33. The predicted octanol–water partition coefficient (Wildman–Crippen LogP) is 3.42. The maximum Gasteiger partial charge on any atom is 0.259 e. The normalized spacial score (nSPS) is 13.3. The zero-order chi connectivity index (χ0) is 16.9. The summed E-state index contributed by atoms with van der Waals surface area (Å²) in [4.78, 5) is 28.9. The molecule has 24 heavy (non-hydrogen) atoms. The lowest BCUT2D eigenvalue weighted by molar-refractivity contribution is 0.0979. The van der Waals surface area contributed by atoms with E-state index in [1.54, 1.807) is 48.5 Å². The molecule has 0 saturated carbocycles. The van der Waals surface area contributed by atoms with Crippen LogP contribution in [0.25, 0.3) is 0 Å². The van der Waals surface area contributed by atoms with Crippen LogP contribution in [0, 0.1) is 0 Å². The Balaban J connectivity index is 1.77. The fourth-order valence-electron chi connectivity index (χ4n) is 2.16. The molecule has 0 spiro atoms. The number of amidine groups is 1. The minimum atomic E-state index is -0.306. The van der Waals surface area contributed by atoms with E-state index >= 15 is 0 Å². The largest absolute Gasteiger partial charge is 0.321 e. The lowest BCUT2D eigenvalue weighted by Crippen LogP contribution is -2.28. The second kappa shape index (κ2) is 7.51. The Morgan fingerprint density at radius 1 is 1.00 bits per heavy atom. The number of thioether (sulfide) groups is 1. The molecule has 2 aromatic carbocycles. The van der Waals surface area contributed by atoms with Crippen LogP contribution in [0.1, 0.15) is 20.7 Å². The van der Waals surface area contributed by atoms with Crippen molar-refractivity contribution in [3.8, 4) is 0 Å². The van der Waals surface area contributed by atoms with Crippen molar-refractivity contribution in [2.45, 2.75) is 0 Å². The first kappa shape index (κ1) is 16.5. The molecule has 0 atom stereocenters. The number of hydrogen-bond donors (Lipinski definition) is 2. The van der Waals surface area contributed by atoms with Crippen molar-refractivity contribution in [2.75, 3.05) is 17.6 Å². The summed E-state index contributed by atoms with van der Waals surface area (Å²) < 4.78 is 0. The average Bonchev–Trinajstić information content (AvgIpc) is 3.09. The number of anilines is 1. The standard InChI is InChI=1S/C17H14ClN3O2S/c18-12-7-5-11(6-8-12)15(22)20-14-4-2-1-3-13(14)16(23)21-17-19-9-10-24-17/h1-8H,9-10H2,(H,20,22)(H,19,21,23). The number of para-hydroxylation sites is 1. The van der Waals surface area contributed by atoms with Gasteiger partial charge < -0.3 is 10.6 Å². The van der Waals surface area contributed by atoms with Crippen LogP contribution < -0.4 is 10.6 Å². The fraction of sp³-hybridized carbons (Fsp3) is 0.118. The van der Waals surface area contributed by atoms with Gasteiger partial charge in [-0.3, -0.25) is 14.6 Å². The zero-order valence-electron chi connectivity index (χ0n) is 12.6. The van der Waals surface area contributed by atoms with Gasteiger partial charge in [-0.25, -0.2) is 0 Å². The van der Waals surface area contributed by atoms with Crippen LogP contribution >= 0.6 is 23.4 Å². The van der Waals surface area contributed by atoms with Gasteiger partial charge in [-0.2, -0.15) is 0 Å². The summed E-state index contributed by atoms with van der Waals surface area (Å²) in [6.07, 6.45) is 0. The SMILES string of the molecule is O=C(Nc1ccccc1C(=O)NC1=NCCS1)c1ccc(Cl)cc1. The summed E-state index contributed by atoms with van der Waals surface area (Å²) in [5, 5.41) is 6.69. The molecule has 5 nitrogen and oxygen atoms in total. The number of amides is 2. The Bertz CT molecular complexity index is 806. The van der Waals surface area contributed by atoms with E-state index in [1.165, 1.54) is 11.8 Å². The van der Waals surface area contributed by atoms with E-state index < -0.39 is 0 Å². The van der Waals surface area contributed by atoms with Gasteiger partial charge in [-0.05, 0) is 36.4 Å². The van der Waals surface area contributed by atoms with Crippen molar-refractivity contribution in [1.82, 2.24) is 5.32 Å². The molecular formula is C17H14ClN3O2S. The molecule has 1 heterocycles. The molecule has 0 aliphatic carbocycles. The summed E-state index contributed by atoms with van der Waals surface area (Å²) in [7, 11) is 0. The number of nitrogens with one attached hydrogen (secondary N) is 2. The third-order valence-electron chi connectivity index (χ3n) is 3.33. The molecule has 1 aliphatic rings. The number of aliphatic imine (C=N–C) groups is 1. The monoisotopic (exact) mass is 359 g/mol. The zero-order valence-corrected chi connectivity index (χ0v) is 14.2. The number of nitrogens with zero attached hydrogens (tertiary/aromatic N) is 1. The van der Waals surface area contributed by atoms with Gasteiger partial charge in [-0.15, -0.1) is 0 Å². The molecule has 0 radical (unpaired) electrons. The van der Waals surface area contributed by atoms with E-state index in [2.05, 4.69) is 15.6 Å². The molecule has 122 valence electrons. The van der Waals surface area contributed by atoms with E-state index in [-0.39, 0.29) is 11.8 Å². The first-order valence-electron chi connectivity index (χ1n) is 7.28. The van der Waals surface area contributed by atoms with Crippen molar-refractivity contribution >= 4 is 46.0 Å². The van der Waals surface area contributed by atoms with Crippen LogP contribution in [0.3, 0.4) is 0 Å². The van der Waals surface area contributed by atoms with E-state index in [0.29, 0.717) is 33.5 Å². The van der Waals surface area contributed by atoms with Crippen molar-refractivity contribution in [3.63, 3.8) is 0 Å². The minimum absolute atomic E-state index is 0.296. The molecular weight excluding hydrogens is 346 g/mol. The second-order valence-electron chi connectivity index (χ2n) is 5.00. The van der Waals surface area contributed by atoms with Crippen molar-refractivity contribution in [2.24, 2.45) is 4.99 Å².